The van der Waals surface area contributed by atoms with E-state index >= 15 is 0 Å². The summed E-state index contributed by atoms with van der Waals surface area (Å²) in [7, 11) is 1.48. The van der Waals surface area contributed by atoms with Crippen molar-refractivity contribution in [3.63, 3.8) is 0 Å². The van der Waals surface area contributed by atoms with E-state index in [-0.39, 0.29) is 5.75 Å². The number of alkyl carbamates (subject to hydrolysis) is 1. The van der Waals surface area contributed by atoms with Crippen LogP contribution in [-0.4, -0.2) is 31.9 Å². The Hall–Kier alpha value is -0.490. The first-order valence-electron chi connectivity index (χ1n) is 4.95. The second-order valence-corrected chi connectivity index (χ2v) is 7.28. The van der Waals surface area contributed by atoms with Gasteiger partial charge in [-0.2, -0.15) is 0 Å². The van der Waals surface area contributed by atoms with Crippen molar-refractivity contribution in [2.24, 2.45) is 0 Å². The molecule has 0 aliphatic heterocycles. The zero-order chi connectivity index (χ0) is 13.0. The van der Waals surface area contributed by atoms with Crippen LogP contribution >= 0.6 is 10.7 Å². The molecule has 1 atom stereocenters. The summed E-state index contributed by atoms with van der Waals surface area (Å²) in [5.74, 6) is -0.301. The molecular formula is C9H18ClNO4S. The number of nitrogens with one attached hydrogen (secondary N) is 1. The molecular weight excluding hydrogens is 254 g/mol. The van der Waals surface area contributed by atoms with E-state index in [2.05, 4.69) is 5.32 Å². The van der Waals surface area contributed by atoms with Crippen molar-refractivity contribution in [1.29, 1.82) is 0 Å². The minimum Gasteiger partial charge on any atom is -0.444 e. The quantitative estimate of drug-likeness (QED) is 0.792. The molecule has 0 bridgehead atoms. The average molecular weight is 272 g/mol. The summed E-state index contributed by atoms with van der Waals surface area (Å²) in [5, 5.41) is 2.46. The van der Waals surface area contributed by atoms with E-state index in [1.807, 2.05) is 0 Å². The van der Waals surface area contributed by atoms with E-state index in [1.54, 1.807) is 27.7 Å². The number of hydrogen-bond donors (Lipinski definition) is 1. The van der Waals surface area contributed by atoms with Crippen LogP contribution in [0, 0.1) is 0 Å². The van der Waals surface area contributed by atoms with Crippen LogP contribution in [0.25, 0.3) is 0 Å². The molecule has 0 aliphatic carbocycles. The molecule has 7 heteroatoms. The second-order valence-electron chi connectivity index (χ2n) is 4.46. The van der Waals surface area contributed by atoms with E-state index in [0.717, 1.165) is 0 Å². The van der Waals surface area contributed by atoms with Crippen molar-refractivity contribution >= 4 is 25.8 Å². The molecule has 96 valence electrons. The van der Waals surface area contributed by atoms with Crippen LogP contribution in [0.4, 0.5) is 4.79 Å². The Bertz CT molecular complexity index is 334. The molecule has 1 amide bonds. The maximum absolute atomic E-state index is 11.3. The first kappa shape index (κ1) is 15.5. The van der Waals surface area contributed by atoms with Gasteiger partial charge in [0.1, 0.15) is 5.60 Å². The third-order valence-corrected chi connectivity index (χ3v) is 2.79. The Morgan fingerprint density at radius 2 is 1.94 bits per heavy atom. The Morgan fingerprint density at radius 3 is 2.25 bits per heavy atom. The van der Waals surface area contributed by atoms with Crippen molar-refractivity contribution in [3.05, 3.63) is 0 Å². The highest BCUT2D eigenvalue weighted by atomic mass is 35.7. The van der Waals surface area contributed by atoms with Crippen LogP contribution < -0.4 is 5.32 Å². The summed E-state index contributed by atoms with van der Waals surface area (Å²) in [6, 6.07) is -0.530. The Kier molecular flexibility index (Phi) is 5.55. The smallest absolute Gasteiger partial charge is 0.407 e. The topological polar surface area (TPSA) is 72.5 Å². The van der Waals surface area contributed by atoms with Crippen LogP contribution in [0.3, 0.4) is 0 Å². The molecule has 0 saturated heterocycles. The molecule has 0 radical (unpaired) electrons. The number of halogens is 1. The summed E-state index contributed by atoms with van der Waals surface area (Å²) in [6.45, 7) is 6.94. The number of ether oxygens (including phenoxy) is 1. The van der Waals surface area contributed by atoms with Gasteiger partial charge in [-0.1, -0.05) is 6.92 Å². The molecule has 0 aromatic carbocycles. The maximum Gasteiger partial charge on any atom is 0.407 e. The molecule has 1 N–H and O–H groups in total. The zero-order valence-corrected chi connectivity index (χ0v) is 11.5. The zero-order valence-electron chi connectivity index (χ0n) is 9.91. The molecule has 5 nitrogen and oxygen atoms in total. The van der Waals surface area contributed by atoms with Crippen molar-refractivity contribution in [1.82, 2.24) is 5.32 Å². The lowest BCUT2D eigenvalue weighted by molar-refractivity contribution is 0.0508. The summed E-state index contributed by atoms with van der Waals surface area (Å²) in [4.78, 5) is 11.3. The van der Waals surface area contributed by atoms with Crippen LogP contribution in [-0.2, 0) is 13.8 Å². The predicted octanol–water partition coefficient (Wildman–Crippen LogP) is 1.86. The van der Waals surface area contributed by atoms with Gasteiger partial charge in [0.25, 0.3) is 0 Å². The van der Waals surface area contributed by atoms with Gasteiger partial charge < -0.3 is 10.1 Å². The molecule has 0 aliphatic rings. The Morgan fingerprint density at radius 1 is 1.44 bits per heavy atom. The highest BCUT2D eigenvalue weighted by Gasteiger charge is 2.21. The molecule has 0 heterocycles. The van der Waals surface area contributed by atoms with Gasteiger partial charge in [0.2, 0.25) is 9.05 Å². The van der Waals surface area contributed by atoms with E-state index < -0.39 is 26.8 Å². The van der Waals surface area contributed by atoms with Gasteiger partial charge in [0.15, 0.2) is 0 Å². The van der Waals surface area contributed by atoms with Gasteiger partial charge in [0, 0.05) is 16.7 Å². The predicted molar refractivity (Wildman–Crippen MR) is 63.1 cm³/mol. The summed E-state index contributed by atoms with van der Waals surface area (Å²) in [5.41, 5.74) is -0.609. The third-order valence-electron chi connectivity index (χ3n) is 1.61. The fraction of sp³-hybridized carbons (Fsp3) is 0.889. The van der Waals surface area contributed by atoms with Gasteiger partial charge in [-0.05, 0) is 27.2 Å². The van der Waals surface area contributed by atoms with Gasteiger partial charge in [-0.3, -0.25) is 0 Å². The average Bonchev–Trinajstić information content (AvgIpc) is 1.96. The van der Waals surface area contributed by atoms with Gasteiger partial charge in [-0.25, -0.2) is 13.2 Å². The molecule has 0 fully saturated rings. The summed E-state index contributed by atoms with van der Waals surface area (Å²) >= 11 is 0. The van der Waals surface area contributed by atoms with Crippen molar-refractivity contribution in [3.8, 4) is 0 Å². The molecule has 0 spiro atoms. The SMILES string of the molecule is CCC(CS(=O)(=O)Cl)NC(=O)OC(C)(C)C. The lowest BCUT2D eigenvalue weighted by Crippen LogP contribution is -2.41. The van der Waals surface area contributed by atoms with Crippen LogP contribution in [0.15, 0.2) is 0 Å². The van der Waals surface area contributed by atoms with Crippen LogP contribution in [0.5, 0.6) is 0 Å². The van der Waals surface area contributed by atoms with E-state index in [0.29, 0.717) is 6.42 Å². The normalized spacial score (nSPS) is 14.3. The maximum atomic E-state index is 11.3. The lowest BCUT2D eigenvalue weighted by atomic mass is 10.2. The molecule has 0 aromatic heterocycles. The molecule has 1 unspecified atom stereocenters. The van der Waals surface area contributed by atoms with Gasteiger partial charge in [-0.15, -0.1) is 0 Å². The number of carbonyl (C=O) groups excluding carboxylic acids is 1. The summed E-state index contributed by atoms with van der Waals surface area (Å²) in [6.07, 6.45) is -0.176. The molecule has 0 rings (SSSR count). The fourth-order valence-corrected chi connectivity index (χ4v) is 2.23. The van der Waals surface area contributed by atoms with Crippen molar-refractivity contribution in [2.75, 3.05) is 5.75 Å². The second kappa shape index (κ2) is 5.72. The fourth-order valence-electron chi connectivity index (χ4n) is 0.976. The van der Waals surface area contributed by atoms with Crippen LogP contribution in [0.1, 0.15) is 34.1 Å². The first-order chi connectivity index (χ1) is 7.03. The lowest BCUT2D eigenvalue weighted by Gasteiger charge is -2.22. The molecule has 16 heavy (non-hydrogen) atoms. The third kappa shape index (κ3) is 8.79. The molecule has 0 saturated carbocycles. The van der Waals surface area contributed by atoms with Crippen molar-refractivity contribution in [2.45, 2.75) is 45.8 Å². The summed E-state index contributed by atoms with van der Waals surface area (Å²) < 4.78 is 26.7. The van der Waals surface area contributed by atoms with Crippen molar-refractivity contribution < 1.29 is 17.9 Å². The number of rotatable bonds is 4. The standard InChI is InChI=1S/C9H18ClNO4S/c1-5-7(6-16(10,13)14)11-8(12)15-9(2,3)4/h7H,5-6H2,1-4H3,(H,11,12). The minimum atomic E-state index is -3.62. The van der Waals surface area contributed by atoms with E-state index in [1.165, 1.54) is 0 Å². The Labute approximate surface area is 101 Å². The first-order valence-corrected chi connectivity index (χ1v) is 7.43. The number of carbonyl (C=O) groups is 1. The Balaban J connectivity index is 4.29. The molecule has 0 aromatic rings. The number of amides is 1. The highest BCUT2D eigenvalue weighted by Crippen LogP contribution is 2.08. The van der Waals surface area contributed by atoms with Crippen LogP contribution in [0.2, 0.25) is 0 Å². The van der Waals surface area contributed by atoms with E-state index in [4.69, 9.17) is 15.4 Å². The number of hydrogen-bond acceptors (Lipinski definition) is 4. The monoisotopic (exact) mass is 271 g/mol. The highest BCUT2D eigenvalue weighted by molar-refractivity contribution is 8.13. The van der Waals surface area contributed by atoms with Gasteiger partial charge >= 0.3 is 6.09 Å². The van der Waals surface area contributed by atoms with Gasteiger partial charge in [0.05, 0.1) is 5.75 Å². The van der Waals surface area contributed by atoms with E-state index in [9.17, 15) is 13.2 Å². The largest absolute Gasteiger partial charge is 0.444 e. The minimum absolute atomic E-state index is 0.301.